The lowest BCUT2D eigenvalue weighted by atomic mass is 10.1. The van der Waals surface area contributed by atoms with Crippen molar-refractivity contribution in [3.05, 3.63) is 83.9 Å². The Morgan fingerprint density at radius 3 is 2.23 bits per heavy atom. The summed E-state index contributed by atoms with van der Waals surface area (Å²) in [6.07, 6.45) is 1.20. The van der Waals surface area contributed by atoms with Gasteiger partial charge in [0.05, 0.1) is 22.0 Å². The lowest BCUT2D eigenvalue weighted by Crippen LogP contribution is -2.01. The summed E-state index contributed by atoms with van der Waals surface area (Å²) in [5.41, 5.74) is 5.34. The predicted octanol–water partition coefficient (Wildman–Crippen LogP) is 5.30. The van der Waals surface area contributed by atoms with Crippen molar-refractivity contribution in [2.45, 2.75) is 4.90 Å². The molecule has 152 valence electrons. The van der Waals surface area contributed by atoms with Crippen molar-refractivity contribution in [3.63, 3.8) is 0 Å². The molecule has 0 saturated heterocycles. The van der Waals surface area contributed by atoms with E-state index < -0.39 is 9.84 Å². The number of halogens is 1. The molecule has 0 aliphatic rings. The van der Waals surface area contributed by atoms with Gasteiger partial charge in [-0.15, -0.1) is 0 Å². The molecule has 1 aromatic heterocycles. The zero-order valence-corrected chi connectivity index (χ0v) is 18.1. The molecule has 0 bridgehead atoms. The first-order chi connectivity index (χ1) is 14.4. The normalized spacial score (nSPS) is 11.4. The number of benzene rings is 3. The fourth-order valence-electron chi connectivity index (χ4n) is 3.29. The molecule has 0 unspecified atom stereocenters. The maximum absolute atomic E-state index is 11.8. The molecule has 0 spiro atoms. The summed E-state index contributed by atoms with van der Waals surface area (Å²) in [6.45, 7) is 0. The van der Waals surface area contributed by atoms with E-state index >= 15 is 0 Å². The summed E-state index contributed by atoms with van der Waals surface area (Å²) in [4.78, 5) is 0.271. The van der Waals surface area contributed by atoms with Gasteiger partial charge in [-0.05, 0) is 48.5 Å². The Morgan fingerprint density at radius 2 is 1.60 bits per heavy atom. The molecule has 1 heterocycles. The van der Waals surface area contributed by atoms with Crippen LogP contribution in [0.5, 0.6) is 0 Å². The maximum Gasteiger partial charge on any atom is 0.175 e. The molecular weight excluding hydrogens is 418 g/mol. The molecule has 7 heteroatoms. The van der Waals surface area contributed by atoms with Gasteiger partial charge in [0.2, 0.25) is 0 Å². The summed E-state index contributed by atoms with van der Waals surface area (Å²) in [5.74, 6) is 0. The van der Waals surface area contributed by atoms with E-state index in [1.165, 1.54) is 6.26 Å². The van der Waals surface area contributed by atoms with Gasteiger partial charge in [-0.3, -0.25) is 0 Å². The first kappa shape index (κ1) is 20.2. The van der Waals surface area contributed by atoms with E-state index in [0.717, 1.165) is 33.9 Å². The number of hydrogen-bond donors (Lipinski definition) is 1. The number of nitrogens with zero attached hydrogens (tertiary/aromatic N) is 2. The zero-order chi connectivity index (χ0) is 21.3. The van der Waals surface area contributed by atoms with Crippen LogP contribution in [0.4, 0.5) is 5.69 Å². The SMILES string of the molecule is CNc1ccccc1-c1cc(-c2ccc(Cl)cc2)n(-c2ccc(S(C)(=O)=O)cc2)n1. The Labute approximate surface area is 180 Å². The third-order valence-corrected chi connectivity index (χ3v) is 6.21. The second-order valence-corrected chi connectivity index (χ2v) is 9.35. The number of anilines is 1. The smallest absolute Gasteiger partial charge is 0.175 e. The van der Waals surface area contributed by atoms with Crippen LogP contribution >= 0.6 is 11.6 Å². The number of rotatable bonds is 5. The van der Waals surface area contributed by atoms with Crippen LogP contribution in [-0.2, 0) is 9.84 Å². The van der Waals surface area contributed by atoms with Gasteiger partial charge in [0.25, 0.3) is 0 Å². The van der Waals surface area contributed by atoms with Gasteiger partial charge in [0, 0.05) is 35.1 Å². The van der Waals surface area contributed by atoms with E-state index in [9.17, 15) is 8.42 Å². The van der Waals surface area contributed by atoms with Gasteiger partial charge in [0.15, 0.2) is 9.84 Å². The molecule has 0 aliphatic carbocycles. The van der Waals surface area contributed by atoms with Gasteiger partial charge in [-0.25, -0.2) is 13.1 Å². The number of hydrogen-bond acceptors (Lipinski definition) is 4. The van der Waals surface area contributed by atoms with Crippen LogP contribution in [0.3, 0.4) is 0 Å². The Balaban J connectivity index is 1.90. The molecule has 30 heavy (non-hydrogen) atoms. The average Bonchev–Trinajstić information content (AvgIpc) is 3.19. The van der Waals surface area contributed by atoms with Gasteiger partial charge in [-0.1, -0.05) is 41.9 Å². The highest BCUT2D eigenvalue weighted by atomic mass is 35.5. The fraction of sp³-hybridized carbons (Fsp3) is 0.0870. The van der Waals surface area contributed by atoms with Crippen molar-refractivity contribution in [2.24, 2.45) is 0 Å². The third kappa shape index (κ3) is 3.97. The number of para-hydroxylation sites is 1. The number of sulfone groups is 1. The highest BCUT2D eigenvalue weighted by molar-refractivity contribution is 7.90. The second-order valence-electron chi connectivity index (χ2n) is 6.90. The molecule has 0 radical (unpaired) electrons. The van der Waals surface area contributed by atoms with E-state index in [0.29, 0.717) is 5.02 Å². The molecular formula is C23H20ClN3O2S. The quantitative estimate of drug-likeness (QED) is 0.459. The molecule has 3 aromatic carbocycles. The van der Waals surface area contributed by atoms with Crippen LogP contribution in [0, 0.1) is 0 Å². The Bertz CT molecular complexity index is 1300. The van der Waals surface area contributed by atoms with Gasteiger partial charge in [0.1, 0.15) is 0 Å². The monoisotopic (exact) mass is 437 g/mol. The lowest BCUT2D eigenvalue weighted by molar-refractivity contribution is 0.602. The van der Waals surface area contributed by atoms with E-state index in [-0.39, 0.29) is 4.90 Å². The van der Waals surface area contributed by atoms with Crippen LogP contribution in [-0.4, -0.2) is 31.5 Å². The van der Waals surface area contributed by atoms with Crippen LogP contribution in [0.15, 0.2) is 83.8 Å². The number of nitrogens with one attached hydrogen (secondary N) is 1. The van der Waals surface area contributed by atoms with Gasteiger partial charge < -0.3 is 5.32 Å². The van der Waals surface area contributed by atoms with Crippen molar-refractivity contribution in [1.29, 1.82) is 0 Å². The maximum atomic E-state index is 11.8. The Morgan fingerprint density at radius 1 is 0.933 bits per heavy atom. The van der Waals surface area contributed by atoms with E-state index in [1.807, 2.05) is 66.3 Å². The summed E-state index contributed by atoms with van der Waals surface area (Å²) in [6, 6.07) is 24.2. The van der Waals surface area contributed by atoms with Gasteiger partial charge >= 0.3 is 0 Å². The highest BCUT2D eigenvalue weighted by Gasteiger charge is 2.16. The topological polar surface area (TPSA) is 64.0 Å². The minimum Gasteiger partial charge on any atom is -0.388 e. The minimum atomic E-state index is -3.27. The molecule has 1 N–H and O–H groups in total. The fourth-order valence-corrected chi connectivity index (χ4v) is 4.05. The first-order valence-corrected chi connectivity index (χ1v) is 11.6. The van der Waals surface area contributed by atoms with Crippen molar-refractivity contribution in [3.8, 4) is 28.2 Å². The molecule has 4 aromatic rings. The van der Waals surface area contributed by atoms with Gasteiger partial charge in [-0.2, -0.15) is 5.10 Å². The molecule has 0 atom stereocenters. The molecule has 0 saturated carbocycles. The van der Waals surface area contributed by atoms with E-state index in [1.54, 1.807) is 24.3 Å². The summed E-state index contributed by atoms with van der Waals surface area (Å²) < 4.78 is 25.5. The number of aromatic nitrogens is 2. The standard InChI is InChI=1S/C23H20ClN3O2S/c1-25-21-6-4-3-5-20(21)22-15-23(16-7-9-17(24)10-8-16)27(26-22)18-11-13-19(14-12-18)30(2,28)29/h3-15,25H,1-2H3. The van der Waals surface area contributed by atoms with Crippen molar-refractivity contribution in [2.75, 3.05) is 18.6 Å². The summed E-state index contributed by atoms with van der Waals surface area (Å²) >= 11 is 6.07. The van der Waals surface area contributed by atoms with Crippen molar-refractivity contribution < 1.29 is 8.42 Å². The predicted molar refractivity (Wildman–Crippen MR) is 122 cm³/mol. The zero-order valence-electron chi connectivity index (χ0n) is 16.5. The molecule has 0 amide bonds. The molecule has 4 rings (SSSR count). The lowest BCUT2D eigenvalue weighted by Gasteiger charge is -2.09. The van der Waals surface area contributed by atoms with Crippen LogP contribution in [0.2, 0.25) is 5.02 Å². The Kier molecular flexibility index (Phi) is 5.37. The molecule has 0 aliphatic heterocycles. The average molecular weight is 438 g/mol. The van der Waals surface area contributed by atoms with Crippen LogP contribution in [0.1, 0.15) is 0 Å². The van der Waals surface area contributed by atoms with E-state index in [4.69, 9.17) is 16.7 Å². The third-order valence-electron chi connectivity index (χ3n) is 4.83. The highest BCUT2D eigenvalue weighted by Crippen LogP contribution is 2.33. The van der Waals surface area contributed by atoms with E-state index in [2.05, 4.69) is 5.32 Å². The first-order valence-electron chi connectivity index (χ1n) is 9.30. The summed E-state index contributed by atoms with van der Waals surface area (Å²) in [5, 5.41) is 8.70. The summed E-state index contributed by atoms with van der Waals surface area (Å²) in [7, 11) is -1.39. The van der Waals surface area contributed by atoms with Crippen molar-refractivity contribution >= 4 is 27.1 Å². The second kappa shape index (κ2) is 7.97. The largest absolute Gasteiger partial charge is 0.388 e. The van der Waals surface area contributed by atoms with Crippen LogP contribution in [0.25, 0.3) is 28.2 Å². The van der Waals surface area contributed by atoms with Crippen LogP contribution < -0.4 is 5.32 Å². The van der Waals surface area contributed by atoms with Crippen molar-refractivity contribution in [1.82, 2.24) is 9.78 Å². The molecule has 5 nitrogen and oxygen atoms in total. The Hall–Kier alpha value is -3.09. The minimum absolute atomic E-state index is 0.271. The molecule has 0 fully saturated rings.